The van der Waals surface area contributed by atoms with Gasteiger partial charge < -0.3 is 5.32 Å². The summed E-state index contributed by atoms with van der Waals surface area (Å²) in [6.45, 7) is 0. The van der Waals surface area contributed by atoms with Crippen LogP contribution < -0.4 is 5.32 Å². The molecule has 2 aromatic rings. The minimum atomic E-state index is -1.56. The number of benzene rings is 1. The molecule has 2 rings (SSSR count). The van der Waals surface area contributed by atoms with Crippen LogP contribution in [-0.4, -0.2) is 9.97 Å². The van der Waals surface area contributed by atoms with Gasteiger partial charge in [0.2, 0.25) is 0 Å². The van der Waals surface area contributed by atoms with Crippen molar-refractivity contribution in [2.24, 2.45) is 0 Å². The highest BCUT2D eigenvalue weighted by Gasteiger charge is 2.15. The van der Waals surface area contributed by atoms with Gasteiger partial charge in [0, 0.05) is 0 Å². The molecule has 0 spiro atoms. The number of hydrogen-bond donors (Lipinski definition) is 1. The van der Waals surface area contributed by atoms with E-state index in [0.717, 1.165) is 18.5 Å². The molecule has 0 aliphatic rings. The second kappa shape index (κ2) is 5.11. The van der Waals surface area contributed by atoms with Crippen LogP contribution in [0.5, 0.6) is 0 Å². The van der Waals surface area contributed by atoms with Crippen LogP contribution in [0.3, 0.4) is 0 Å². The van der Waals surface area contributed by atoms with Crippen molar-refractivity contribution in [3.8, 4) is 0 Å². The van der Waals surface area contributed by atoms with E-state index in [0.29, 0.717) is 0 Å². The molecule has 1 heterocycles. The van der Waals surface area contributed by atoms with Crippen molar-refractivity contribution in [1.82, 2.24) is 9.97 Å². The third-order valence-corrected chi connectivity index (χ3v) is 3.30. The molecule has 0 aliphatic carbocycles. The predicted molar refractivity (Wildman–Crippen MR) is 64.3 cm³/mol. The van der Waals surface area contributed by atoms with Crippen LogP contribution in [0, 0.1) is 17.5 Å². The van der Waals surface area contributed by atoms with Gasteiger partial charge in [-0.05, 0) is 28.1 Å². The number of hydrogen-bond acceptors (Lipinski definition) is 3. The van der Waals surface area contributed by atoms with Crippen molar-refractivity contribution < 1.29 is 13.2 Å². The Morgan fingerprint density at radius 2 is 1.83 bits per heavy atom. The fourth-order valence-electron chi connectivity index (χ4n) is 1.19. The molecular formula is C10H4BrClF3N3. The number of nitrogens with one attached hydrogen (secondary N) is 1. The van der Waals surface area contributed by atoms with Crippen LogP contribution in [0.4, 0.5) is 24.7 Å². The molecule has 94 valence electrons. The second-order valence-corrected chi connectivity index (χ2v) is 4.33. The maximum absolute atomic E-state index is 13.4. The Hall–Kier alpha value is -1.34. The van der Waals surface area contributed by atoms with Gasteiger partial charge in [-0.2, -0.15) is 0 Å². The van der Waals surface area contributed by atoms with Crippen LogP contribution >= 0.6 is 27.5 Å². The first kappa shape index (κ1) is 13.1. The molecule has 1 N–H and O–H groups in total. The Kier molecular flexibility index (Phi) is 3.72. The van der Waals surface area contributed by atoms with E-state index in [1.54, 1.807) is 0 Å². The lowest BCUT2D eigenvalue weighted by Crippen LogP contribution is -2.01. The normalized spacial score (nSPS) is 10.5. The summed E-state index contributed by atoms with van der Waals surface area (Å²) in [5.74, 6) is -4.02. The largest absolute Gasteiger partial charge is 0.337 e. The quantitative estimate of drug-likeness (QED) is 0.663. The van der Waals surface area contributed by atoms with Gasteiger partial charge in [-0.3, -0.25) is 0 Å². The number of rotatable bonds is 2. The van der Waals surface area contributed by atoms with Gasteiger partial charge in [-0.25, -0.2) is 23.1 Å². The molecule has 3 nitrogen and oxygen atoms in total. The standard InChI is InChI=1S/C10H4BrClF3N3/c11-6-9(12)16-3-17-10(6)18-5-2-1-4(13)7(14)8(5)15/h1-3H,(H,16,17,18). The van der Waals surface area contributed by atoms with E-state index >= 15 is 0 Å². The summed E-state index contributed by atoms with van der Waals surface area (Å²) < 4.78 is 39.5. The lowest BCUT2D eigenvalue weighted by molar-refractivity contribution is 0.449. The number of halogens is 5. The van der Waals surface area contributed by atoms with Gasteiger partial charge in [0.1, 0.15) is 17.3 Å². The SMILES string of the molecule is Fc1ccc(Nc2ncnc(Cl)c2Br)c(F)c1F. The third-order valence-electron chi connectivity index (χ3n) is 2.04. The van der Waals surface area contributed by atoms with Gasteiger partial charge in [0.25, 0.3) is 0 Å². The fraction of sp³-hybridized carbons (Fsp3) is 0. The molecule has 8 heteroatoms. The third kappa shape index (κ3) is 2.41. The number of anilines is 2. The van der Waals surface area contributed by atoms with E-state index in [2.05, 4.69) is 31.2 Å². The van der Waals surface area contributed by atoms with Crippen molar-refractivity contribution in [1.29, 1.82) is 0 Å². The summed E-state index contributed by atoms with van der Waals surface area (Å²) in [5.41, 5.74) is -0.260. The maximum atomic E-state index is 13.4. The Balaban J connectivity index is 2.41. The first-order valence-corrected chi connectivity index (χ1v) is 5.74. The molecule has 0 amide bonds. The first-order valence-electron chi connectivity index (χ1n) is 4.57. The predicted octanol–water partition coefficient (Wildman–Crippen LogP) is 4.05. The van der Waals surface area contributed by atoms with E-state index in [1.807, 2.05) is 0 Å². The highest BCUT2D eigenvalue weighted by Crippen LogP contribution is 2.30. The molecule has 18 heavy (non-hydrogen) atoms. The zero-order chi connectivity index (χ0) is 13.3. The van der Waals surface area contributed by atoms with E-state index in [4.69, 9.17) is 11.6 Å². The van der Waals surface area contributed by atoms with Crippen molar-refractivity contribution in [2.75, 3.05) is 5.32 Å². The molecular weight excluding hydrogens is 334 g/mol. The van der Waals surface area contributed by atoms with E-state index in [9.17, 15) is 13.2 Å². The van der Waals surface area contributed by atoms with Crippen molar-refractivity contribution >= 4 is 39.0 Å². The smallest absolute Gasteiger partial charge is 0.196 e. The maximum Gasteiger partial charge on any atom is 0.196 e. The van der Waals surface area contributed by atoms with Crippen LogP contribution in [0.15, 0.2) is 22.9 Å². The Morgan fingerprint density at radius 1 is 1.11 bits per heavy atom. The van der Waals surface area contributed by atoms with Crippen LogP contribution in [-0.2, 0) is 0 Å². The molecule has 0 bridgehead atoms. The topological polar surface area (TPSA) is 37.8 Å². The zero-order valence-corrected chi connectivity index (χ0v) is 10.9. The van der Waals surface area contributed by atoms with Crippen LogP contribution in [0.2, 0.25) is 5.15 Å². The fourth-order valence-corrected chi connectivity index (χ4v) is 1.62. The molecule has 0 saturated carbocycles. The summed E-state index contributed by atoms with van der Waals surface area (Å²) in [6, 6.07) is 1.85. The summed E-state index contributed by atoms with van der Waals surface area (Å²) in [5, 5.41) is 2.59. The van der Waals surface area contributed by atoms with Crippen molar-refractivity contribution in [2.45, 2.75) is 0 Å². The summed E-state index contributed by atoms with van der Waals surface area (Å²) in [4.78, 5) is 7.47. The monoisotopic (exact) mass is 337 g/mol. The van der Waals surface area contributed by atoms with Crippen LogP contribution in [0.1, 0.15) is 0 Å². The average Bonchev–Trinajstić information content (AvgIpc) is 2.35. The molecule has 0 radical (unpaired) electrons. The van der Waals surface area contributed by atoms with Gasteiger partial charge in [-0.1, -0.05) is 11.6 Å². The zero-order valence-electron chi connectivity index (χ0n) is 8.52. The first-order chi connectivity index (χ1) is 8.50. The van der Waals surface area contributed by atoms with Gasteiger partial charge in [-0.15, -0.1) is 0 Å². The summed E-state index contributed by atoms with van der Waals surface area (Å²) >= 11 is 8.80. The minimum Gasteiger partial charge on any atom is -0.337 e. The molecule has 0 unspecified atom stereocenters. The average molecular weight is 339 g/mol. The van der Waals surface area contributed by atoms with Crippen molar-refractivity contribution in [3.63, 3.8) is 0 Å². The molecule has 0 saturated heterocycles. The second-order valence-electron chi connectivity index (χ2n) is 3.17. The lowest BCUT2D eigenvalue weighted by Gasteiger charge is -2.09. The van der Waals surface area contributed by atoms with Crippen LogP contribution in [0.25, 0.3) is 0 Å². The van der Waals surface area contributed by atoms with E-state index in [-0.39, 0.29) is 21.1 Å². The van der Waals surface area contributed by atoms with E-state index < -0.39 is 17.5 Å². The highest BCUT2D eigenvalue weighted by atomic mass is 79.9. The number of nitrogens with zero attached hydrogens (tertiary/aromatic N) is 2. The molecule has 1 aromatic carbocycles. The van der Waals surface area contributed by atoms with Gasteiger partial charge in [0.15, 0.2) is 17.5 Å². The van der Waals surface area contributed by atoms with Crippen molar-refractivity contribution in [3.05, 3.63) is 45.5 Å². The molecule has 0 atom stereocenters. The van der Waals surface area contributed by atoms with E-state index in [1.165, 1.54) is 0 Å². The molecule has 0 aliphatic heterocycles. The molecule has 0 fully saturated rings. The number of aromatic nitrogens is 2. The Morgan fingerprint density at radius 3 is 2.56 bits per heavy atom. The van der Waals surface area contributed by atoms with Gasteiger partial charge in [0.05, 0.1) is 10.2 Å². The minimum absolute atomic E-state index is 0.107. The summed E-state index contributed by atoms with van der Waals surface area (Å²) in [7, 11) is 0. The summed E-state index contributed by atoms with van der Waals surface area (Å²) in [6.07, 6.45) is 1.15. The van der Waals surface area contributed by atoms with Gasteiger partial charge >= 0.3 is 0 Å². The highest BCUT2D eigenvalue weighted by molar-refractivity contribution is 9.10. The molecule has 1 aromatic heterocycles. The Labute approximate surface area is 113 Å². The Bertz CT molecular complexity index is 609. The lowest BCUT2D eigenvalue weighted by atomic mass is 10.3.